The van der Waals surface area contributed by atoms with Crippen molar-refractivity contribution >= 4 is 12.0 Å². The Morgan fingerprint density at radius 1 is 1.12 bits per heavy atom. The van der Waals surface area contributed by atoms with Gasteiger partial charge in [0.25, 0.3) is 5.91 Å². The molecule has 3 heterocycles. The lowest BCUT2D eigenvalue weighted by molar-refractivity contribution is 0.0935. The summed E-state index contributed by atoms with van der Waals surface area (Å²) in [6, 6.07) is 13.3. The zero-order valence-corrected chi connectivity index (χ0v) is 18.7. The smallest absolute Gasteiger partial charge is 0.410 e. The van der Waals surface area contributed by atoms with Crippen molar-refractivity contribution < 1.29 is 14.3 Å². The molecule has 0 bridgehead atoms. The number of amides is 2. The minimum atomic E-state index is -0.350. The number of nitrogens with one attached hydrogen (secondary N) is 1. The van der Waals surface area contributed by atoms with E-state index < -0.39 is 0 Å². The SMILES string of the molecule is CCCCOC(=O)N1CCc2c(nc(-c3ccccc3)nc2C(=O)NCc2cccnc2)C1. The van der Waals surface area contributed by atoms with Crippen molar-refractivity contribution in [1.29, 1.82) is 0 Å². The van der Waals surface area contributed by atoms with Crippen LogP contribution in [0.1, 0.15) is 47.1 Å². The molecule has 1 aromatic carbocycles. The molecule has 4 rings (SSSR count). The molecular weight excluding hydrogens is 418 g/mol. The molecule has 0 fully saturated rings. The molecule has 8 heteroatoms. The third kappa shape index (κ3) is 5.52. The minimum absolute atomic E-state index is 0.270. The summed E-state index contributed by atoms with van der Waals surface area (Å²) in [7, 11) is 0. The lowest BCUT2D eigenvalue weighted by atomic mass is 10.0. The van der Waals surface area contributed by atoms with Crippen LogP contribution in [0.3, 0.4) is 0 Å². The number of carbonyl (C=O) groups excluding carboxylic acids is 2. The molecule has 0 saturated heterocycles. The molecule has 0 radical (unpaired) electrons. The van der Waals surface area contributed by atoms with Gasteiger partial charge < -0.3 is 15.0 Å². The molecule has 8 nitrogen and oxygen atoms in total. The molecule has 1 aliphatic rings. The first-order valence-corrected chi connectivity index (χ1v) is 11.2. The second-order valence-corrected chi connectivity index (χ2v) is 7.87. The van der Waals surface area contributed by atoms with E-state index in [1.807, 2.05) is 49.4 Å². The van der Waals surface area contributed by atoms with Crippen LogP contribution < -0.4 is 5.32 Å². The molecule has 33 heavy (non-hydrogen) atoms. The summed E-state index contributed by atoms with van der Waals surface area (Å²) in [5.74, 6) is 0.190. The first-order valence-electron chi connectivity index (χ1n) is 11.2. The number of carbonyl (C=O) groups is 2. The van der Waals surface area contributed by atoms with Crippen LogP contribution in [0.5, 0.6) is 0 Å². The summed E-state index contributed by atoms with van der Waals surface area (Å²) in [5.41, 5.74) is 3.51. The normalized spacial score (nSPS) is 12.7. The quantitative estimate of drug-likeness (QED) is 0.556. The van der Waals surface area contributed by atoms with E-state index in [9.17, 15) is 9.59 Å². The van der Waals surface area contributed by atoms with Crippen LogP contribution in [0.25, 0.3) is 11.4 Å². The molecule has 3 aromatic rings. The Kier molecular flexibility index (Phi) is 7.24. The zero-order valence-electron chi connectivity index (χ0n) is 18.7. The van der Waals surface area contributed by atoms with Crippen molar-refractivity contribution in [3.05, 3.63) is 77.4 Å². The van der Waals surface area contributed by atoms with Gasteiger partial charge in [-0.1, -0.05) is 49.7 Å². The Morgan fingerprint density at radius 2 is 1.97 bits per heavy atom. The van der Waals surface area contributed by atoms with Gasteiger partial charge >= 0.3 is 6.09 Å². The number of nitrogens with zero attached hydrogens (tertiary/aromatic N) is 4. The van der Waals surface area contributed by atoms with Gasteiger partial charge in [-0.15, -0.1) is 0 Å². The maximum Gasteiger partial charge on any atom is 0.410 e. The van der Waals surface area contributed by atoms with Gasteiger partial charge in [0.1, 0.15) is 5.69 Å². The van der Waals surface area contributed by atoms with E-state index in [0.717, 1.165) is 29.5 Å². The molecule has 0 aliphatic carbocycles. The predicted octanol–water partition coefficient (Wildman–Crippen LogP) is 3.76. The van der Waals surface area contributed by atoms with Crippen molar-refractivity contribution in [1.82, 2.24) is 25.2 Å². The number of hydrogen-bond acceptors (Lipinski definition) is 6. The summed E-state index contributed by atoms with van der Waals surface area (Å²) < 4.78 is 5.38. The molecule has 2 amide bonds. The summed E-state index contributed by atoms with van der Waals surface area (Å²) in [6.45, 7) is 3.54. The summed E-state index contributed by atoms with van der Waals surface area (Å²) in [4.78, 5) is 40.7. The van der Waals surface area contributed by atoms with Crippen LogP contribution in [0, 0.1) is 0 Å². The fourth-order valence-corrected chi connectivity index (χ4v) is 3.65. The van der Waals surface area contributed by atoms with Crippen LogP contribution in [0.2, 0.25) is 0 Å². The summed E-state index contributed by atoms with van der Waals surface area (Å²) in [5, 5.41) is 2.94. The van der Waals surface area contributed by atoms with Crippen molar-refractivity contribution in [2.24, 2.45) is 0 Å². The molecule has 170 valence electrons. The average Bonchev–Trinajstić information content (AvgIpc) is 2.87. The van der Waals surface area contributed by atoms with Crippen LogP contribution >= 0.6 is 0 Å². The monoisotopic (exact) mass is 445 g/mol. The van der Waals surface area contributed by atoms with Crippen molar-refractivity contribution in [3.8, 4) is 11.4 Å². The molecule has 0 spiro atoms. The van der Waals surface area contributed by atoms with E-state index in [0.29, 0.717) is 43.3 Å². The Morgan fingerprint density at radius 3 is 2.73 bits per heavy atom. The summed E-state index contributed by atoms with van der Waals surface area (Å²) >= 11 is 0. The fraction of sp³-hybridized carbons (Fsp3) is 0.320. The maximum atomic E-state index is 13.1. The molecule has 1 N–H and O–H groups in total. The highest BCUT2D eigenvalue weighted by molar-refractivity contribution is 5.94. The Hall–Kier alpha value is -3.81. The van der Waals surface area contributed by atoms with Gasteiger partial charge in [0.2, 0.25) is 0 Å². The average molecular weight is 446 g/mol. The van der Waals surface area contributed by atoms with E-state index in [1.54, 1.807) is 17.3 Å². The molecule has 0 unspecified atom stereocenters. The van der Waals surface area contributed by atoms with Crippen molar-refractivity contribution in [2.45, 2.75) is 39.3 Å². The number of fused-ring (bicyclic) bond motifs is 1. The standard InChI is InChI=1S/C25H27N5O3/c1-2-3-14-33-25(32)30-13-11-20-21(17-30)28-23(19-9-5-4-6-10-19)29-22(20)24(31)27-16-18-8-7-12-26-15-18/h4-10,12,15H,2-3,11,13-14,16-17H2,1H3,(H,27,31). The highest BCUT2D eigenvalue weighted by atomic mass is 16.6. The van der Waals surface area contributed by atoms with Crippen LogP contribution in [0.4, 0.5) is 4.79 Å². The Bertz CT molecular complexity index is 1110. The predicted molar refractivity (Wildman–Crippen MR) is 123 cm³/mol. The zero-order chi connectivity index (χ0) is 23.0. The van der Waals surface area contributed by atoms with Gasteiger partial charge in [-0.2, -0.15) is 0 Å². The van der Waals surface area contributed by atoms with E-state index in [-0.39, 0.29) is 18.5 Å². The lowest BCUT2D eigenvalue weighted by Crippen LogP contribution is -2.38. The summed E-state index contributed by atoms with van der Waals surface area (Å²) in [6.07, 6.45) is 5.34. The maximum absolute atomic E-state index is 13.1. The fourth-order valence-electron chi connectivity index (χ4n) is 3.65. The number of hydrogen-bond donors (Lipinski definition) is 1. The van der Waals surface area contributed by atoms with Gasteiger partial charge in [0.15, 0.2) is 5.82 Å². The third-order valence-electron chi connectivity index (χ3n) is 5.47. The number of unbranched alkanes of at least 4 members (excludes halogenated alkanes) is 1. The largest absolute Gasteiger partial charge is 0.449 e. The van der Waals surface area contributed by atoms with Crippen LogP contribution in [-0.4, -0.2) is 45.0 Å². The van der Waals surface area contributed by atoms with Crippen LogP contribution in [-0.2, 0) is 24.2 Å². The highest BCUT2D eigenvalue weighted by Crippen LogP contribution is 2.25. The number of aromatic nitrogens is 3. The second kappa shape index (κ2) is 10.7. The van der Waals surface area contributed by atoms with Gasteiger partial charge in [-0.25, -0.2) is 14.8 Å². The second-order valence-electron chi connectivity index (χ2n) is 7.87. The molecule has 2 aromatic heterocycles. The van der Waals surface area contributed by atoms with E-state index in [4.69, 9.17) is 9.72 Å². The van der Waals surface area contributed by atoms with E-state index in [1.165, 1.54) is 0 Å². The number of benzene rings is 1. The third-order valence-corrected chi connectivity index (χ3v) is 5.47. The number of rotatable bonds is 7. The number of pyridine rings is 1. The topological polar surface area (TPSA) is 97.3 Å². The first kappa shape index (κ1) is 22.4. The highest BCUT2D eigenvalue weighted by Gasteiger charge is 2.28. The van der Waals surface area contributed by atoms with Gasteiger partial charge in [0.05, 0.1) is 18.8 Å². The van der Waals surface area contributed by atoms with Crippen molar-refractivity contribution in [3.63, 3.8) is 0 Å². The van der Waals surface area contributed by atoms with Gasteiger partial charge in [-0.05, 0) is 24.5 Å². The molecule has 0 atom stereocenters. The van der Waals surface area contributed by atoms with E-state index >= 15 is 0 Å². The molecular formula is C25H27N5O3. The lowest BCUT2D eigenvalue weighted by Gasteiger charge is -2.28. The van der Waals surface area contributed by atoms with Gasteiger partial charge in [0, 0.05) is 36.6 Å². The van der Waals surface area contributed by atoms with Gasteiger partial charge in [-0.3, -0.25) is 9.78 Å². The minimum Gasteiger partial charge on any atom is -0.449 e. The van der Waals surface area contributed by atoms with Crippen LogP contribution in [0.15, 0.2) is 54.9 Å². The Labute approximate surface area is 193 Å². The van der Waals surface area contributed by atoms with E-state index in [2.05, 4.69) is 15.3 Å². The number of ether oxygens (including phenoxy) is 1. The molecule has 0 saturated carbocycles. The molecule has 1 aliphatic heterocycles. The first-order chi connectivity index (χ1) is 16.2. The Balaban J connectivity index is 1.60. The van der Waals surface area contributed by atoms with Crippen molar-refractivity contribution in [2.75, 3.05) is 13.2 Å².